The van der Waals surface area contributed by atoms with Crippen molar-refractivity contribution in [2.24, 2.45) is 0 Å². The molecule has 0 saturated heterocycles. The van der Waals surface area contributed by atoms with Gasteiger partial charge in [-0.05, 0) is 42.0 Å². The van der Waals surface area contributed by atoms with Crippen LogP contribution in [0.2, 0.25) is 0 Å². The van der Waals surface area contributed by atoms with E-state index in [9.17, 15) is 13.6 Å². The van der Waals surface area contributed by atoms with E-state index in [1.54, 1.807) is 23.0 Å². The fraction of sp³-hybridized carbons (Fsp3) is 0.118. The van der Waals surface area contributed by atoms with E-state index in [2.05, 4.69) is 15.6 Å². The Morgan fingerprint density at radius 2 is 1.68 bits per heavy atom. The molecule has 8 heteroatoms. The van der Waals surface area contributed by atoms with Crippen molar-refractivity contribution in [3.05, 3.63) is 77.6 Å². The van der Waals surface area contributed by atoms with Gasteiger partial charge in [0.1, 0.15) is 23.9 Å². The van der Waals surface area contributed by atoms with Crippen LogP contribution in [0.3, 0.4) is 0 Å². The summed E-state index contributed by atoms with van der Waals surface area (Å²) in [5, 5.41) is 10.3. The molecule has 3 aromatic rings. The molecule has 0 unspecified atom stereocenters. The molecular weight excluding hydrogens is 330 g/mol. The van der Waals surface area contributed by atoms with Crippen molar-refractivity contribution in [3.63, 3.8) is 0 Å². The monoisotopic (exact) mass is 344 g/mol. The van der Waals surface area contributed by atoms with Gasteiger partial charge in [-0.15, -0.1) is 5.10 Å². The second-order valence-electron chi connectivity index (χ2n) is 5.24. The molecule has 0 atom stereocenters. The first-order valence-electron chi connectivity index (χ1n) is 7.41. The summed E-state index contributed by atoms with van der Waals surface area (Å²) < 4.78 is 32.3. The SMILES string of the molecule is O=C(Nc1ccc(F)cc1)OCc1cn(Cc2ccc(F)cc2)nn1. The van der Waals surface area contributed by atoms with E-state index in [0.29, 0.717) is 17.9 Å². The molecule has 1 N–H and O–H groups in total. The van der Waals surface area contributed by atoms with E-state index >= 15 is 0 Å². The molecular formula is C17H14F2N4O2. The number of anilines is 1. The van der Waals surface area contributed by atoms with Crippen molar-refractivity contribution < 1.29 is 18.3 Å². The van der Waals surface area contributed by atoms with Crippen LogP contribution in [-0.4, -0.2) is 21.1 Å². The zero-order valence-corrected chi connectivity index (χ0v) is 13.0. The maximum absolute atomic E-state index is 12.9. The molecule has 0 saturated carbocycles. The quantitative estimate of drug-likeness (QED) is 0.771. The van der Waals surface area contributed by atoms with Crippen LogP contribution >= 0.6 is 0 Å². The Morgan fingerprint density at radius 3 is 2.36 bits per heavy atom. The number of halogens is 2. The van der Waals surface area contributed by atoms with Crippen molar-refractivity contribution in [3.8, 4) is 0 Å². The molecule has 1 heterocycles. The first-order valence-corrected chi connectivity index (χ1v) is 7.41. The van der Waals surface area contributed by atoms with E-state index < -0.39 is 11.9 Å². The molecule has 0 aliphatic carbocycles. The van der Waals surface area contributed by atoms with Gasteiger partial charge in [-0.1, -0.05) is 17.3 Å². The highest BCUT2D eigenvalue weighted by Crippen LogP contribution is 2.09. The van der Waals surface area contributed by atoms with E-state index in [4.69, 9.17) is 4.74 Å². The van der Waals surface area contributed by atoms with E-state index in [-0.39, 0.29) is 12.4 Å². The topological polar surface area (TPSA) is 69.0 Å². The molecule has 0 radical (unpaired) electrons. The van der Waals surface area contributed by atoms with Crippen molar-refractivity contribution in [1.29, 1.82) is 0 Å². The van der Waals surface area contributed by atoms with Gasteiger partial charge in [0, 0.05) is 5.69 Å². The Bertz CT molecular complexity index is 848. The lowest BCUT2D eigenvalue weighted by atomic mass is 10.2. The summed E-state index contributed by atoms with van der Waals surface area (Å²) in [5.74, 6) is -0.694. The third-order valence-corrected chi connectivity index (χ3v) is 3.29. The maximum atomic E-state index is 12.9. The van der Waals surface area contributed by atoms with E-state index in [0.717, 1.165) is 5.56 Å². The molecule has 1 aromatic heterocycles. The van der Waals surface area contributed by atoms with Crippen LogP contribution < -0.4 is 5.32 Å². The standard InChI is InChI=1S/C17H14F2N4O2/c18-13-3-1-12(2-4-13)9-23-10-16(21-22-23)11-25-17(24)20-15-7-5-14(19)6-8-15/h1-8,10H,9,11H2,(H,20,24). The lowest BCUT2D eigenvalue weighted by Gasteiger charge is -2.05. The minimum absolute atomic E-state index is 0.0591. The smallest absolute Gasteiger partial charge is 0.412 e. The lowest BCUT2D eigenvalue weighted by Crippen LogP contribution is -2.13. The van der Waals surface area contributed by atoms with Gasteiger partial charge in [0.15, 0.2) is 0 Å². The highest BCUT2D eigenvalue weighted by atomic mass is 19.1. The first-order chi connectivity index (χ1) is 12.1. The van der Waals surface area contributed by atoms with Crippen LogP contribution in [0, 0.1) is 11.6 Å². The zero-order chi connectivity index (χ0) is 17.6. The minimum atomic E-state index is -0.681. The maximum Gasteiger partial charge on any atom is 0.412 e. The number of aromatic nitrogens is 3. The first kappa shape index (κ1) is 16.6. The number of carbonyl (C=O) groups excluding carboxylic acids is 1. The van der Waals surface area contributed by atoms with Gasteiger partial charge in [-0.3, -0.25) is 5.32 Å². The van der Waals surface area contributed by atoms with Gasteiger partial charge >= 0.3 is 6.09 Å². The van der Waals surface area contributed by atoms with Gasteiger partial charge in [-0.2, -0.15) is 0 Å². The molecule has 128 valence electrons. The number of rotatable bonds is 5. The third-order valence-electron chi connectivity index (χ3n) is 3.29. The number of hydrogen-bond acceptors (Lipinski definition) is 4. The zero-order valence-electron chi connectivity index (χ0n) is 13.0. The summed E-state index contributed by atoms with van der Waals surface area (Å²) in [6, 6.07) is 11.4. The average molecular weight is 344 g/mol. The second kappa shape index (κ2) is 7.52. The van der Waals surface area contributed by atoms with Crippen LogP contribution in [-0.2, 0) is 17.9 Å². The largest absolute Gasteiger partial charge is 0.443 e. The van der Waals surface area contributed by atoms with Crippen LogP contribution in [0.4, 0.5) is 19.3 Å². The number of ether oxygens (including phenoxy) is 1. The Balaban J connectivity index is 1.50. The number of benzene rings is 2. The summed E-state index contributed by atoms with van der Waals surface area (Å²) >= 11 is 0. The second-order valence-corrected chi connectivity index (χ2v) is 5.24. The van der Waals surface area contributed by atoms with Crippen LogP contribution in [0.25, 0.3) is 0 Å². The van der Waals surface area contributed by atoms with Crippen molar-refractivity contribution in [1.82, 2.24) is 15.0 Å². The highest BCUT2D eigenvalue weighted by Gasteiger charge is 2.07. The molecule has 6 nitrogen and oxygen atoms in total. The number of hydrogen-bond donors (Lipinski definition) is 1. The van der Waals surface area contributed by atoms with Crippen LogP contribution in [0.15, 0.2) is 54.7 Å². The fourth-order valence-electron chi connectivity index (χ4n) is 2.09. The van der Waals surface area contributed by atoms with Crippen molar-refractivity contribution in [2.75, 3.05) is 5.32 Å². The van der Waals surface area contributed by atoms with Gasteiger partial charge in [-0.25, -0.2) is 18.3 Å². The van der Waals surface area contributed by atoms with Gasteiger partial charge < -0.3 is 4.74 Å². The number of nitrogens with one attached hydrogen (secondary N) is 1. The lowest BCUT2D eigenvalue weighted by molar-refractivity contribution is 0.153. The summed E-state index contributed by atoms with van der Waals surface area (Å²) in [4.78, 5) is 11.7. The van der Waals surface area contributed by atoms with Crippen molar-refractivity contribution in [2.45, 2.75) is 13.2 Å². The molecule has 0 spiro atoms. The van der Waals surface area contributed by atoms with Crippen LogP contribution in [0.1, 0.15) is 11.3 Å². The normalized spacial score (nSPS) is 10.5. The van der Waals surface area contributed by atoms with E-state index in [1.807, 2.05) is 0 Å². The Morgan fingerprint density at radius 1 is 1.04 bits per heavy atom. The average Bonchev–Trinajstić information content (AvgIpc) is 3.05. The molecule has 2 aromatic carbocycles. The Kier molecular flexibility index (Phi) is 4.98. The molecule has 3 rings (SSSR count). The summed E-state index contributed by atoms with van der Waals surface area (Å²) in [5.41, 5.74) is 1.76. The molecule has 1 amide bonds. The Labute approximate surface area is 142 Å². The fourth-order valence-corrected chi connectivity index (χ4v) is 2.09. The third kappa shape index (κ3) is 4.84. The van der Waals surface area contributed by atoms with Gasteiger partial charge in [0.2, 0.25) is 0 Å². The molecule has 0 aliphatic heterocycles. The number of carbonyl (C=O) groups is 1. The molecule has 25 heavy (non-hydrogen) atoms. The summed E-state index contributed by atoms with van der Waals surface area (Å²) in [6.45, 7) is 0.367. The summed E-state index contributed by atoms with van der Waals surface area (Å²) in [6.07, 6.45) is 0.953. The molecule has 0 bridgehead atoms. The van der Waals surface area contributed by atoms with Crippen molar-refractivity contribution >= 4 is 11.8 Å². The highest BCUT2D eigenvalue weighted by molar-refractivity contribution is 5.84. The Hall–Kier alpha value is -3.29. The van der Waals surface area contributed by atoms with Gasteiger partial charge in [0.05, 0.1) is 12.7 Å². The predicted molar refractivity (Wildman–Crippen MR) is 85.7 cm³/mol. The predicted octanol–water partition coefficient (Wildman–Crippen LogP) is 3.35. The number of nitrogens with zero attached hydrogens (tertiary/aromatic N) is 3. The minimum Gasteiger partial charge on any atom is -0.443 e. The number of amides is 1. The van der Waals surface area contributed by atoms with E-state index in [1.165, 1.54) is 36.4 Å². The van der Waals surface area contributed by atoms with Crippen LogP contribution in [0.5, 0.6) is 0 Å². The molecule has 0 fully saturated rings. The summed E-state index contributed by atoms with van der Waals surface area (Å²) in [7, 11) is 0. The van der Waals surface area contributed by atoms with Gasteiger partial charge in [0.25, 0.3) is 0 Å². The molecule has 0 aliphatic rings.